The zero-order chi connectivity index (χ0) is 26.0. The Morgan fingerprint density at radius 3 is 2.40 bits per heavy atom. The van der Waals surface area contributed by atoms with Crippen LogP contribution in [0.15, 0.2) is 12.2 Å². The Bertz CT molecular complexity index is 922. The summed E-state index contributed by atoms with van der Waals surface area (Å²) in [5.74, 6) is 0.521. The first-order valence-electron chi connectivity index (χ1n) is 13.2. The highest BCUT2D eigenvalue weighted by molar-refractivity contribution is 7.80. The van der Waals surface area contributed by atoms with Gasteiger partial charge in [-0.15, -0.1) is 0 Å². The molecule has 4 saturated carbocycles. The van der Waals surface area contributed by atoms with Crippen LogP contribution in [0.1, 0.15) is 72.6 Å². The molecule has 4 rings (SSSR count). The lowest BCUT2D eigenvalue weighted by molar-refractivity contribution is -0.268. The van der Waals surface area contributed by atoms with Crippen LogP contribution in [0.2, 0.25) is 0 Å². The molecule has 0 amide bonds. The number of fused-ring (bicyclic) bond motifs is 5. The number of aliphatic hydroxyl groups excluding tert-OH is 3. The number of hydrogen-bond donors (Lipinski definition) is 5. The molecule has 0 heterocycles. The number of rotatable bonds is 6. The molecule has 35 heavy (non-hydrogen) atoms. The topological polar surface area (TPSA) is 145 Å². The average Bonchev–Trinajstić information content (AvgIpc) is 3.03. The Labute approximate surface area is 209 Å². The second-order valence-electron chi connectivity index (χ2n) is 12.7. The first-order chi connectivity index (χ1) is 16.1. The number of hydrogen-bond acceptors (Lipinski definition) is 7. The predicted molar refractivity (Wildman–Crippen MR) is 130 cm³/mol. The molecule has 0 aromatic heterocycles. The van der Waals surface area contributed by atoms with E-state index in [2.05, 4.69) is 31.0 Å². The van der Waals surface area contributed by atoms with Gasteiger partial charge in [-0.3, -0.25) is 4.55 Å². The van der Waals surface area contributed by atoms with Crippen LogP contribution in [-0.2, 0) is 14.6 Å². The normalized spacial score (nSPS) is 49.8. The Morgan fingerprint density at radius 2 is 1.74 bits per heavy atom. The molecule has 0 spiro atoms. The molecule has 202 valence electrons. The van der Waals surface area contributed by atoms with E-state index in [0.717, 1.165) is 12.8 Å². The van der Waals surface area contributed by atoms with Crippen molar-refractivity contribution in [1.29, 1.82) is 0 Å². The Hall–Kier alpha value is -0.550. The van der Waals surface area contributed by atoms with Gasteiger partial charge in [0, 0.05) is 11.8 Å². The fourth-order valence-electron chi connectivity index (χ4n) is 8.94. The van der Waals surface area contributed by atoms with E-state index in [4.69, 9.17) is 4.55 Å². The van der Waals surface area contributed by atoms with Crippen molar-refractivity contribution in [2.75, 3.05) is 6.61 Å². The SMILES string of the molecule is CC(/C=C/[C@@H](C)[C@H]1C[C@H](O)[C@H]2[C@@H]3C[C@@H](O)[C@@]4(O)C[C@@H](O)CC[C@]4(C)C3CC[C@@]21C)COS(=O)(=O)O. The summed E-state index contributed by atoms with van der Waals surface area (Å²) in [6.45, 7) is 8.17. The highest BCUT2D eigenvalue weighted by Gasteiger charge is 2.68. The largest absolute Gasteiger partial charge is 0.397 e. The van der Waals surface area contributed by atoms with Gasteiger partial charge in [0.05, 0.1) is 30.5 Å². The van der Waals surface area contributed by atoms with E-state index in [9.17, 15) is 28.8 Å². The zero-order valence-corrected chi connectivity index (χ0v) is 22.2. The lowest BCUT2D eigenvalue weighted by atomic mass is 9.42. The lowest BCUT2D eigenvalue weighted by Gasteiger charge is -2.65. The van der Waals surface area contributed by atoms with Gasteiger partial charge >= 0.3 is 10.4 Å². The summed E-state index contributed by atoms with van der Waals surface area (Å²) in [7, 11) is -4.46. The van der Waals surface area contributed by atoms with Crippen molar-refractivity contribution in [3.05, 3.63) is 12.2 Å². The molecule has 0 saturated heterocycles. The molecule has 8 nitrogen and oxygen atoms in total. The molecule has 5 N–H and O–H groups in total. The van der Waals surface area contributed by atoms with Crippen molar-refractivity contribution in [2.45, 2.75) is 96.6 Å². The summed E-state index contributed by atoms with van der Waals surface area (Å²) < 4.78 is 35.0. The molecule has 4 aliphatic rings. The summed E-state index contributed by atoms with van der Waals surface area (Å²) >= 11 is 0. The minimum absolute atomic E-state index is 0.0327. The first kappa shape index (κ1) is 27.5. The van der Waals surface area contributed by atoms with Gasteiger partial charge in [-0.1, -0.05) is 39.8 Å². The van der Waals surface area contributed by atoms with E-state index in [0.29, 0.717) is 25.7 Å². The van der Waals surface area contributed by atoms with Crippen LogP contribution in [0, 0.1) is 46.3 Å². The van der Waals surface area contributed by atoms with E-state index in [1.165, 1.54) is 0 Å². The van der Waals surface area contributed by atoms with Crippen LogP contribution in [0.4, 0.5) is 0 Å². The standard InChI is InChI=1S/C26H44O8S/c1-15(14-34-35(31,32)33)5-6-16(2)20-12-21(28)23-18-11-22(29)26(30)13-17(27)7-10-25(26,4)19(18)8-9-24(20,23)3/h5-6,15-23,27-30H,7-14H2,1-4H3,(H,31,32,33)/b6-5+/t15?,16-,17+,18-,19?,20-,21+,22-,23-,24-,25-,26+/m1/s1. The van der Waals surface area contributed by atoms with Crippen LogP contribution in [0.25, 0.3) is 0 Å². The monoisotopic (exact) mass is 516 g/mol. The van der Waals surface area contributed by atoms with Gasteiger partial charge < -0.3 is 20.4 Å². The molecule has 0 radical (unpaired) electrons. The average molecular weight is 517 g/mol. The maximum absolute atomic E-state index is 11.6. The van der Waals surface area contributed by atoms with Gasteiger partial charge in [0.2, 0.25) is 0 Å². The van der Waals surface area contributed by atoms with Crippen molar-refractivity contribution >= 4 is 10.4 Å². The highest BCUT2D eigenvalue weighted by atomic mass is 32.3. The second-order valence-corrected chi connectivity index (χ2v) is 13.8. The quantitative estimate of drug-likeness (QED) is 0.268. The van der Waals surface area contributed by atoms with Gasteiger partial charge in [-0.05, 0) is 79.4 Å². The van der Waals surface area contributed by atoms with Gasteiger partial charge in [-0.2, -0.15) is 8.42 Å². The smallest absolute Gasteiger partial charge is 0.393 e. The number of allylic oxidation sites excluding steroid dienone is 1. The van der Waals surface area contributed by atoms with E-state index >= 15 is 0 Å². The van der Waals surface area contributed by atoms with Gasteiger partial charge in [0.15, 0.2) is 0 Å². The molecule has 0 aromatic carbocycles. The summed E-state index contributed by atoms with van der Waals surface area (Å²) in [5, 5.41) is 44.4. The minimum Gasteiger partial charge on any atom is -0.393 e. The molecular weight excluding hydrogens is 472 g/mol. The third-order valence-electron chi connectivity index (χ3n) is 10.7. The predicted octanol–water partition coefficient (Wildman–Crippen LogP) is 2.71. The summed E-state index contributed by atoms with van der Waals surface area (Å²) in [6, 6.07) is 0. The van der Waals surface area contributed by atoms with Crippen molar-refractivity contribution in [2.24, 2.45) is 46.3 Å². The summed E-state index contributed by atoms with van der Waals surface area (Å²) in [5.41, 5.74) is -1.89. The molecule has 0 aromatic rings. The summed E-state index contributed by atoms with van der Waals surface area (Å²) in [6.07, 6.45) is 6.47. The van der Waals surface area contributed by atoms with Crippen LogP contribution in [0.5, 0.6) is 0 Å². The molecular formula is C26H44O8S. The van der Waals surface area contributed by atoms with Crippen LogP contribution in [0.3, 0.4) is 0 Å². The minimum atomic E-state index is -4.46. The van der Waals surface area contributed by atoms with E-state index in [1.807, 2.05) is 13.0 Å². The molecule has 4 fully saturated rings. The molecule has 4 aliphatic carbocycles. The molecule has 12 atom stereocenters. The van der Waals surface area contributed by atoms with Crippen molar-refractivity contribution in [1.82, 2.24) is 0 Å². The molecule has 9 heteroatoms. The Kier molecular flexibility index (Phi) is 7.32. The Morgan fingerprint density at radius 1 is 1.06 bits per heavy atom. The molecule has 0 aliphatic heterocycles. The number of aliphatic hydroxyl groups is 4. The third-order valence-corrected chi connectivity index (χ3v) is 11.2. The maximum Gasteiger partial charge on any atom is 0.397 e. The van der Waals surface area contributed by atoms with Crippen molar-refractivity contribution in [3.63, 3.8) is 0 Å². The van der Waals surface area contributed by atoms with Gasteiger partial charge in [-0.25, -0.2) is 4.18 Å². The van der Waals surface area contributed by atoms with Gasteiger partial charge in [0.25, 0.3) is 0 Å². The fourth-order valence-corrected chi connectivity index (χ4v) is 9.32. The van der Waals surface area contributed by atoms with E-state index < -0.39 is 39.7 Å². The lowest BCUT2D eigenvalue weighted by Crippen LogP contribution is -2.69. The van der Waals surface area contributed by atoms with Crippen LogP contribution in [-0.4, -0.2) is 63.9 Å². The highest BCUT2D eigenvalue weighted by Crippen LogP contribution is 2.69. The Balaban J connectivity index is 1.53. The van der Waals surface area contributed by atoms with Gasteiger partial charge in [0.1, 0.15) is 0 Å². The zero-order valence-electron chi connectivity index (χ0n) is 21.4. The fraction of sp³-hybridized carbons (Fsp3) is 0.923. The molecule has 2 unspecified atom stereocenters. The van der Waals surface area contributed by atoms with Crippen LogP contribution >= 0.6 is 0 Å². The maximum atomic E-state index is 11.6. The van der Waals surface area contributed by atoms with E-state index in [-0.39, 0.29) is 54.0 Å². The van der Waals surface area contributed by atoms with Crippen molar-refractivity contribution < 1.29 is 37.6 Å². The molecule has 0 bridgehead atoms. The van der Waals surface area contributed by atoms with E-state index in [1.54, 1.807) is 0 Å². The van der Waals surface area contributed by atoms with Crippen molar-refractivity contribution in [3.8, 4) is 0 Å². The third kappa shape index (κ3) is 4.64. The first-order valence-corrected chi connectivity index (χ1v) is 14.6. The van der Waals surface area contributed by atoms with Crippen LogP contribution < -0.4 is 0 Å². The second kappa shape index (κ2) is 9.33. The summed E-state index contributed by atoms with van der Waals surface area (Å²) in [4.78, 5) is 0.